The maximum absolute atomic E-state index is 14.7. The summed E-state index contributed by atoms with van der Waals surface area (Å²) < 4.78 is 47.0. The normalized spacial score (nSPS) is 15.3. The first-order valence-electron chi connectivity index (χ1n) is 12.6. The van der Waals surface area contributed by atoms with Gasteiger partial charge < -0.3 is 19.1 Å². The van der Waals surface area contributed by atoms with E-state index >= 15 is 0 Å². The zero-order valence-corrected chi connectivity index (χ0v) is 21.7. The molecule has 1 saturated heterocycles. The molecule has 0 bridgehead atoms. The second-order valence-electron chi connectivity index (χ2n) is 9.38. The minimum Gasteiger partial charge on any atom is -0.497 e. The van der Waals surface area contributed by atoms with Gasteiger partial charge in [-0.2, -0.15) is 5.10 Å². The molecule has 3 aromatic rings. The highest BCUT2D eigenvalue weighted by Crippen LogP contribution is 2.34. The second-order valence-corrected chi connectivity index (χ2v) is 9.38. The molecule has 7 nitrogen and oxygen atoms in total. The Bertz CT molecular complexity index is 1220. The average molecular weight is 514 g/mol. The van der Waals surface area contributed by atoms with Crippen LogP contribution in [0.25, 0.3) is 5.69 Å². The number of benzene rings is 2. The third kappa shape index (κ3) is 6.10. The van der Waals surface area contributed by atoms with E-state index in [4.69, 9.17) is 19.3 Å². The van der Waals surface area contributed by atoms with Crippen LogP contribution in [0.5, 0.6) is 17.4 Å². The van der Waals surface area contributed by atoms with Gasteiger partial charge in [0, 0.05) is 25.1 Å². The predicted molar refractivity (Wildman–Crippen MR) is 135 cm³/mol. The molecule has 0 radical (unpaired) electrons. The lowest BCUT2D eigenvalue weighted by molar-refractivity contribution is -0.136. The van der Waals surface area contributed by atoms with Crippen LogP contribution in [0.15, 0.2) is 42.5 Å². The topological polar surface area (TPSA) is 65.8 Å². The number of hydrogen-bond acceptors (Lipinski definition) is 5. The Labute approximate surface area is 215 Å². The molecule has 0 spiro atoms. The fourth-order valence-electron chi connectivity index (χ4n) is 4.41. The van der Waals surface area contributed by atoms with Crippen molar-refractivity contribution >= 4 is 5.91 Å². The number of nitrogens with zero attached hydrogens (tertiary/aromatic N) is 3. The van der Waals surface area contributed by atoms with Crippen LogP contribution < -0.4 is 9.47 Å². The summed E-state index contributed by atoms with van der Waals surface area (Å²) in [5.41, 5.74) is 2.04. The number of hydrogen-bond donors (Lipinski definition) is 0. The molecule has 1 fully saturated rings. The molecule has 37 heavy (non-hydrogen) atoms. The number of halogens is 2. The third-order valence-corrected chi connectivity index (χ3v) is 6.37. The van der Waals surface area contributed by atoms with Gasteiger partial charge in [-0.25, -0.2) is 13.5 Å². The van der Waals surface area contributed by atoms with Crippen molar-refractivity contribution in [3.63, 3.8) is 0 Å². The Morgan fingerprint density at radius 2 is 1.97 bits per heavy atom. The minimum absolute atomic E-state index is 0.0198. The number of aryl methyl sites for hydroxylation is 1. The first-order valence-corrected chi connectivity index (χ1v) is 12.6. The Kier molecular flexibility index (Phi) is 8.43. The van der Waals surface area contributed by atoms with E-state index in [2.05, 4.69) is 0 Å². The predicted octanol–water partition coefficient (Wildman–Crippen LogP) is 5.68. The van der Waals surface area contributed by atoms with Crippen LogP contribution in [0.2, 0.25) is 0 Å². The highest BCUT2D eigenvalue weighted by molar-refractivity contribution is 5.78. The third-order valence-electron chi connectivity index (χ3n) is 6.37. The van der Waals surface area contributed by atoms with Crippen LogP contribution in [0.4, 0.5) is 8.78 Å². The number of amides is 1. The van der Waals surface area contributed by atoms with E-state index < -0.39 is 11.6 Å². The van der Waals surface area contributed by atoms with Gasteiger partial charge in [-0.3, -0.25) is 4.79 Å². The molecule has 198 valence electrons. The molecule has 1 unspecified atom stereocenters. The van der Waals surface area contributed by atoms with Gasteiger partial charge in [-0.1, -0.05) is 20.8 Å². The summed E-state index contributed by atoms with van der Waals surface area (Å²) in [5, 5.41) is 4.77. The molecule has 0 N–H and O–H groups in total. The molecule has 0 saturated carbocycles. The number of aromatic nitrogens is 2. The van der Waals surface area contributed by atoms with Crippen LogP contribution in [-0.4, -0.2) is 47.0 Å². The monoisotopic (exact) mass is 513 g/mol. The molecular weight excluding hydrogens is 480 g/mol. The molecule has 9 heteroatoms. The lowest BCUT2D eigenvalue weighted by Crippen LogP contribution is -2.39. The number of rotatable bonds is 10. The summed E-state index contributed by atoms with van der Waals surface area (Å²) in [6.07, 6.45) is 2.37. The van der Waals surface area contributed by atoms with Gasteiger partial charge >= 0.3 is 0 Å². The summed E-state index contributed by atoms with van der Waals surface area (Å²) in [7, 11) is 1.58. The number of methoxy groups -OCH3 is 1. The molecule has 1 amide bonds. The van der Waals surface area contributed by atoms with Crippen molar-refractivity contribution in [2.75, 3.05) is 20.3 Å². The summed E-state index contributed by atoms with van der Waals surface area (Å²) in [6.45, 7) is 7.02. The number of carbonyl (C=O) groups excluding carboxylic acids is 1. The van der Waals surface area contributed by atoms with Crippen LogP contribution in [0, 0.1) is 17.6 Å². The summed E-state index contributed by atoms with van der Waals surface area (Å²) in [6, 6.07) is 10.4. The molecule has 2 heterocycles. The zero-order chi connectivity index (χ0) is 26.5. The number of ether oxygens (including phenoxy) is 3. The van der Waals surface area contributed by atoms with Gasteiger partial charge in [0.05, 0.1) is 36.7 Å². The van der Waals surface area contributed by atoms with Crippen LogP contribution >= 0.6 is 0 Å². The van der Waals surface area contributed by atoms with E-state index in [-0.39, 0.29) is 36.1 Å². The Morgan fingerprint density at radius 1 is 1.22 bits per heavy atom. The fraction of sp³-hybridized carbons (Fsp3) is 0.429. The van der Waals surface area contributed by atoms with Crippen molar-refractivity contribution in [2.24, 2.45) is 5.92 Å². The van der Waals surface area contributed by atoms with E-state index in [1.54, 1.807) is 28.8 Å². The van der Waals surface area contributed by atoms with Crippen molar-refractivity contribution in [2.45, 2.75) is 52.7 Å². The van der Waals surface area contributed by atoms with Gasteiger partial charge in [-0.15, -0.1) is 0 Å². The van der Waals surface area contributed by atoms with Crippen LogP contribution in [-0.2, 0) is 22.5 Å². The summed E-state index contributed by atoms with van der Waals surface area (Å²) >= 11 is 0. The summed E-state index contributed by atoms with van der Waals surface area (Å²) in [5.74, 6) is -0.976. The second kappa shape index (κ2) is 11.7. The van der Waals surface area contributed by atoms with Gasteiger partial charge in [0.25, 0.3) is 0 Å². The van der Waals surface area contributed by atoms with E-state index in [9.17, 15) is 13.6 Å². The molecule has 1 atom stereocenters. The summed E-state index contributed by atoms with van der Waals surface area (Å²) in [4.78, 5) is 15.0. The Morgan fingerprint density at radius 3 is 2.57 bits per heavy atom. The highest BCUT2D eigenvalue weighted by Gasteiger charge is 2.29. The smallest absolute Gasteiger partial charge is 0.228 e. The first kappa shape index (κ1) is 26.6. The zero-order valence-electron chi connectivity index (χ0n) is 21.7. The Balaban J connectivity index is 1.80. The Hall–Kier alpha value is -3.46. The van der Waals surface area contributed by atoms with Crippen molar-refractivity contribution in [3.05, 3.63) is 65.4 Å². The minimum atomic E-state index is -0.832. The maximum atomic E-state index is 14.7. The largest absolute Gasteiger partial charge is 0.497 e. The van der Waals surface area contributed by atoms with Gasteiger partial charge in [0.1, 0.15) is 11.6 Å². The molecular formula is C28H33F2N3O4. The van der Waals surface area contributed by atoms with Crippen molar-refractivity contribution in [1.82, 2.24) is 14.7 Å². The van der Waals surface area contributed by atoms with E-state index in [1.807, 2.05) is 32.9 Å². The molecule has 1 aliphatic rings. The fourth-order valence-corrected chi connectivity index (χ4v) is 4.41. The molecule has 1 aromatic heterocycles. The standard InChI is InChI=1S/C28H33F2N3O4/c1-5-25-23(17-32(27(34)18(2)3)16-22-7-6-14-36-22)28(37-26-13-8-19(29)15-24(26)30)33(31-25)20-9-11-21(35-4)12-10-20/h8-13,15,18,22H,5-7,14,16-17H2,1-4H3. The SMILES string of the molecule is CCc1nn(-c2ccc(OC)cc2)c(Oc2ccc(F)cc2F)c1CN(CC1CCCO1)C(=O)C(C)C. The quantitative estimate of drug-likeness (QED) is 0.349. The van der Waals surface area contributed by atoms with Gasteiger partial charge in [0.2, 0.25) is 11.8 Å². The molecule has 4 rings (SSSR count). The van der Waals surface area contributed by atoms with Crippen molar-refractivity contribution < 1.29 is 27.8 Å². The van der Waals surface area contributed by atoms with Gasteiger partial charge in [0.15, 0.2) is 11.6 Å². The van der Waals surface area contributed by atoms with Crippen molar-refractivity contribution in [1.29, 1.82) is 0 Å². The maximum Gasteiger partial charge on any atom is 0.228 e. The van der Waals surface area contributed by atoms with Gasteiger partial charge in [-0.05, 0) is 55.7 Å². The van der Waals surface area contributed by atoms with Crippen LogP contribution in [0.3, 0.4) is 0 Å². The van der Waals surface area contributed by atoms with Crippen LogP contribution in [0.1, 0.15) is 44.9 Å². The molecule has 0 aliphatic carbocycles. The highest BCUT2D eigenvalue weighted by atomic mass is 19.1. The lowest BCUT2D eigenvalue weighted by Gasteiger charge is -2.27. The van der Waals surface area contributed by atoms with E-state index in [0.29, 0.717) is 42.3 Å². The lowest BCUT2D eigenvalue weighted by atomic mass is 10.1. The first-order chi connectivity index (χ1) is 17.8. The van der Waals surface area contributed by atoms with E-state index in [1.165, 1.54) is 6.07 Å². The number of carbonyl (C=O) groups is 1. The van der Waals surface area contributed by atoms with E-state index in [0.717, 1.165) is 25.0 Å². The average Bonchev–Trinajstić information content (AvgIpc) is 3.52. The molecule has 2 aromatic carbocycles. The molecule has 1 aliphatic heterocycles. The van der Waals surface area contributed by atoms with Crippen molar-refractivity contribution in [3.8, 4) is 23.1 Å².